The molecule has 0 spiro atoms. The van der Waals surface area contributed by atoms with Crippen LogP contribution in [0.2, 0.25) is 0 Å². The van der Waals surface area contributed by atoms with Gasteiger partial charge >= 0.3 is 0 Å². The Morgan fingerprint density at radius 1 is 0.246 bits per heavy atom. The fourth-order valence-corrected chi connectivity index (χ4v) is 16.9. The summed E-state index contributed by atoms with van der Waals surface area (Å²) in [6.45, 7) is 27.3. The lowest BCUT2D eigenvalue weighted by Crippen LogP contribution is -2.35. The van der Waals surface area contributed by atoms with Gasteiger partial charge in [-0.1, -0.05) is 122 Å². The normalized spacial score (nSPS) is 11.9. The van der Waals surface area contributed by atoms with E-state index in [1.165, 1.54) is 141 Å². The molecular weight excluding hydrogens is 1410 g/mol. The Balaban J connectivity index is 0.000000119. The van der Waals surface area contributed by atoms with Gasteiger partial charge < -0.3 is 0 Å². The number of aryl methyl sites for hydroxylation is 12. The third kappa shape index (κ3) is 15.1. The number of nitrogens with zero attached hydrogens (tertiary/aromatic N) is 5. The molecule has 5 nitrogen and oxygen atoms in total. The van der Waals surface area contributed by atoms with Crippen LogP contribution in [-0.2, 0) is 40.7 Å². The van der Waals surface area contributed by atoms with Gasteiger partial charge in [-0.05, 0) is 283 Å². The van der Waals surface area contributed by atoms with E-state index in [0.29, 0.717) is 11.1 Å². The van der Waals surface area contributed by atoms with Gasteiger partial charge in [-0.3, -0.25) is 0 Å². The van der Waals surface area contributed by atoms with Crippen molar-refractivity contribution in [2.24, 2.45) is 35.2 Å². The zero-order chi connectivity index (χ0) is 81.0. The molecular formula is C104H97F5N5+5. The quantitative estimate of drug-likeness (QED) is 0.121. The molecule has 0 fully saturated rings. The maximum absolute atomic E-state index is 14.1. The van der Waals surface area contributed by atoms with E-state index in [2.05, 4.69) is 235 Å². The number of pyridine rings is 5. The van der Waals surface area contributed by atoms with E-state index >= 15 is 0 Å². The van der Waals surface area contributed by atoms with E-state index in [-0.39, 0.29) is 34.5 Å². The minimum absolute atomic E-state index is 0.0381. The molecule has 568 valence electrons. The van der Waals surface area contributed by atoms with Crippen LogP contribution in [0, 0.1) is 105 Å². The van der Waals surface area contributed by atoms with Crippen LogP contribution in [0.25, 0.3) is 132 Å². The van der Waals surface area contributed by atoms with Gasteiger partial charge in [0.1, 0.15) is 64.3 Å². The topological polar surface area (TPSA) is 19.4 Å². The van der Waals surface area contributed by atoms with Crippen LogP contribution in [0.4, 0.5) is 22.0 Å². The van der Waals surface area contributed by atoms with Crippen molar-refractivity contribution in [1.82, 2.24) is 0 Å². The lowest BCUT2D eigenvalue weighted by molar-refractivity contribution is -0.665. The highest BCUT2D eigenvalue weighted by molar-refractivity contribution is 6.00. The summed E-state index contributed by atoms with van der Waals surface area (Å²) in [7, 11) is 10.2. The Hall–Kier alpha value is -12.4. The smallest absolute Gasteiger partial charge is 0.207 e. The molecule has 12 aromatic carbocycles. The number of hydrogen-bond acceptors (Lipinski definition) is 0. The summed E-state index contributed by atoms with van der Waals surface area (Å²) in [5.41, 5.74) is 29.3. The lowest BCUT2D eigenvalue weighted by Gasteiger charge is -2.22. The van der Waals surface area contributed by atoms with Crippen LogP contribution in [-0.4, -0.2) is 0 Å². The largest absolute Gasteiger partial charge is 0.220 e. The SMILES string of the molecule is Cc1cc(-c2c3ccc(F)cc3cc[n+]2C)c(C)c(C)c1F.Cc1cc(C)c(C)c(-c2c3ccc(F)cc3cc[n+]2C)c1.Cc1cc2c(cc1-c1c3ccc(F)cc3cc[n+]1C)C(C)(C)c1ccccc1-2.Cc1cc2ccccc2cc1-c1c2ccc(F)cc2cc[n+]1C.Cc1ccc2c(-c3ccccc3C)[n+](C)c(C)cc2c1. The Bertz CT molecular complexity index is 6730. The Morgan fingerprint density at radius 2 is 0.658 bits per heavy atom. The number of fused-ring (bicyclic) bond motifs is 9. The molecule has 0 N–H and O–H groups in total. The Morgan fingerprint density at radius 3 is 1.17 bits per heavy atom. The van der Waals surface area contributed by atoms with Gasteiger partial charge in [0.15, 0.2) is 30.5 Å². The first-order valence-corrected chi connectivity index (χ1v) is 38.8. The Kier molecular flexibility index (Phi) is 21.7. The standard InChI is InChI=1S/C26H23FN.C21H17FN.C19H18F2N.C19H19FN.C19H20N/c1-16-13-22-20-7-5-6-8-23(20)26(2,3)24(22)15-21(16)25-19-10-9-18(27)14-17(19)11-12-28(25)4;1-14-11-15-5-3-4-6-16(15)13-20(14)21-19-8-7-18(22)12-17(19)9-10-23(21)2;1-11-9-17(12(2)13(3)18(11)21)19-16-6-5-15(20)10-14(16)7-8-22(19)4;1-12-9-13(2)14(3)18(10-12)19-17-6-5-16(20)11-15(17)7-8-21(19)4;1-13-9-10-18-16(11-13)12-15(3)20(4)19(18)17-8-6-5-7-14(17)2/h5-15H,1-4H3;3-13H,1-2H3;5-10H,1-4H3;5-11H,1-4H3;5-12H,1-4H3/q5*+1. The second-order valence-corrected chi connectivity index (χ2v) is 31.6. The number of halogens is 5. The fraction of sp³-hybridized carbons (Fsp3) is 0.183. The van der Waals surface area contributed by atoms with Crippen molar-refractivity contribution < 1.29 is 44.8 Å². The third-order valence-corrected chi connectivity index (χ3v) is 23.3. The first-order chi connectivity index (χ1) is 54.4. The minimum atomic E-state index is -0.254. The fourth-order valence-electron chi connectivity index (χ4n) is 16.9. The molecule has 0 aliphatic heterocycles. The number of rotatable bonds is 5. The van der Waals surface area contributed by atoms with E-state index in [0.717, 1.165) is 77.0 Å². The van der Waals surface area contributed by atoms with Crippen LogP contribution in [0.15, 0.2) is 261 Å². The van der Waals surface area contributed by atoms with Crippen molar-refractivity contribution in [2.75, 3.05) is 0 Å². The maximum Gasteiger partial charge on any atom is 0.220 e. The zero-order valence-corrected chi connectivity index (χ0v) is 68.5. The van der Waals surface area contributed by atoms with Crippen LogP contribution >= 0.6 is 0 Å². The first kappa shape index (κ1) is 78.3. The molecule has 1 aliphatic carbocycles. The summed E-state index contributed by atoms with van der Waals surface area (Å²) in [5, 5.41) is 12.9. The van der Waals surface area contributed by atoms with Crippen molar-refractivity contribution in [3.63, 3.8) is 0 Å². The molecule has 0 saturated heterocycles. The molecule has 114 heavy (non-hydrogen) atoms. The van der Waals surface area contributed by atoms with Gasteiger partial charge in [0.05, 0.1) is 49.2 Å². The highest BCUT2D eigenvalue weighted by Gasteiger charge is 2.37. The van der Waals surface area contributed by atoms with Gasteiger partial charge in [0.25, 0.3) is 0 Å². The van der Waals surface area contributed by atoms with Crippen LogP contribution < -0.4 is 22.8 Å². The molecule has 10 heteroatoms. The molecule has 0 bridgehead atoms. The highest BCUT2D eigenvalue weighted by atomic mass is 19.1. The first-order valence-electron chi connectivity index (χ1n) is 38.8. The molecule has 0 atom stereocenters. The number of hydrogen-bond donors (Lipinski definition) is 0. The van der Waals surface area contributed by atoms with Crippen molar-refractivity contribution in [2.45, 2.75) is 95.4 Å². The molecule has 0 radical (unpaired) electrons. The minimum Gasteiger partial charge on any atom is -0.207 e. The van der Waals surface area contributed by atoms with E-state index in [1.54, 1.807) is 44.2 Å². The molecule has 0 amide bonds. The summed E-state index contributed by atoms with van der Waals surface area (Å²) in [4.78, 5) is 0. The summed E-state index contributed by atoms with van der Waals surface area (Å²) in [6.07, 6.45) is 7.91. The predicted octanol–water partition coefficient (Wildman–Crippen LogP) is 24.2. The third-order valence-electron chi connectivity index (χ3n) is 23.3. The lowest BCUT2D eigenvalue weighted by atomic mass is 9.81. The van der Waals surface area contributed by atoms with E-state index in [4.69, 9.17) is 0 Å². The second-order valence-electron chi connectivity index (χ2n) is 31.6. The second kappa shape index (κ2) is 31.6. The summed E-state index contributed by atoms with van der Waals surface area (Å²) in [5.74, 6) is -1.01. The maximum atomic E-state index is 14.1. The van der Waals surface area contributed by atoms with Crippen molar-refractivity contribution in [3.05, 3.63) is 363 Å². The molecule has 18 rings (SSSR count). The molecule has 0 unspecified atom stereocenters. The number of benzene rings is 12. The van der Waals surface area contributed by atoms with Crippen LogP contribution in [0.1, 0.15) is 86.3 Å². The van der Waals surface area contributed by atoms with E-state index in [9.17, 15) is 22.0 Å². The van der Waals surface area contributed by atoms with E-state index < -0.39 is 0 Å². The highest BCUT2D eigenvalue weighted by Crippen LogP contribution is 2.51. The van der Waals surface area contributed by atoms with Crippen molar-refractivity contribution >= 4 is 64.6 Å². The summed E-state index contributed by atoms with van der Waals surface area (Å²) < 4.78 is 79.0. The molecule has 17 aromatic rings. The number of aromatic nitrogens is 5. The molecule has 5 aromatic heterocycles. The van der Waals surface area contributed by atoms with Gasteiger partial charge in [-0.2, -0.15) is 4.57 Å². The predicted molar refractivity (Wildman–Crippen MR) is 460 cm³/mol. The van der Waals surface area contributed by atoms with Crippen molar-refractivity contribution in [3.8, 4) is 67.4 Å². The van der Waals surface area contributed by atoms with Gasteiger partial charge in [-0.15, -0.1) is 0 Å². The average molecular weight is 1510 g/mol. The van der Waals surface area contributed by atoms with E-state index in [1.807, 2.05) is 106 Å². The summed E-state index contributed by atoms with van der Waals surface area (Å²) in [6, 6.07) is 77.6. The zero-order valence-electron chi connectivity index (χ0n) is 68.5. The van der Waals surface area contributed by atoms with Crippen LogP contribution in [0.5, 0.6) is 0 Å². The van der Waals surface area contributed by atoms with Gasteiger partial charge in [-0.25, -0.2) is 40.2 Å². The molecule has 1 aliphatic rings. The molecule has 0 saturated carbocycles. The average Bonchev–Trinajstić information content (AvgIpc) is 1.56. The van der Waals surface area contributed by atoms with Gasteiger partial charge in [0.2, 0.25) is 28.5 Å². The van der Waals surface area contributed by atoms with Gasteiger partial charge in [0, 0.05) is 48.2 Å². The monoisotopic (exact) mass is 1510 g/mol. The Labute approximate surface area is 666 Å². The molecule has 5 heterocycles. The van der Waals surface area contributed by atoms with Crippen LogP contribution in [0.3, 0.4) is 0 Å². The van der Waals surface area contributed by atoms with Crippen molar-refractivity contribution in [1.29, 1.82) is 0 Å². The summed E-state index contributed by atoms with van der Waals surface area (Å²) >= 11 is 0.